The molecule has 5 unspecified atom stereocenters. The molecule has 1 fully saturated rings. The summed E-state index contributed by atoms with van der Waals surface area (Å²) in [7, 11) is 0. The topological polar surface area (TPSA) is 152 Å². The van der Waals surface area contributed by atoms with Gasteiger partial charge in [0.15, 0.2) is 18.3 Å². The van der Waals surface area contributed by atoms with E-state index in [4.69, 9.17) is 23.7 Å². The second kappa shape index (κ2) is 10.7. The van der Waals surface area contributed by atoms with Gasteiger partial charge in [0.25, 0.3) is 0 Å². The van der Waals surface area contributed by atoms with E-state index < -0.39 is 60.4 Å². The Labute approximate surface area is 183 Å². The van der Waals surface area contributed by atoms with Gasteiger partial charge in [0.05, 0.1) is 5.56 Å². The Morgan fingerprint density at radius 3 is 1.94 bits per heavy atom. The van der Waals surface area contributed by atoms with Gasteiger partial charge in [-0.2, -0.15) is 0 Å². The number of hydrogen-bond donors (Lipinski definition) is 1. The van der Waals surface area contributed by atoms with Crippen LogP contribution in [0.5, 0.6) is 0 Å². The molecule has 1 aromatic rings. The van der Waals surface area contributed by atoms with Gasteiger partial charge in [0, 0.05) is 27.7 Å². The Balaban J connectivity index is 2.58. The Bertz CT molecular complexity index is 893. The lowest BCUT2D eigenvalue weighted by atomic mass is 9.90. The molecule has 174 valence electrons. The second-order valence-corrected chi connectivity index (χ2v) is 7.05. The van der Waals surface area contributed by atoms with Crippen LogP contribution in [0.25, 0.3) is 0 Å². The van der Waals surface area contributed by atoms with Crippen molar-refractivity contribution in [3.63, 3.8) is 0 Å². The fourth-order valence-corrected chi connectivity index (χ4v) is 3.35. The third kappa shape index (κ3) is 6.51. The van der Waals surface area contributed by atoms with Gasteiger partial charge in [-0.15, -0.1) is 0 Å². The molecule has 1 aliphatic heterocycles. The van der Waals surface area contributed by atoms with Crippen LogP contribution in [0.15, 0.2) is 24.3 Å². The van der Waals surface area contributed by atoms with E-state index in [-0.39, 0.29) is 12.2 Å². The molecule has 0 aliphatic carbocycles. The minimum atomic E-state index is -1.33. The van der Waals surface area contributed by atoms with Crippen LogP contribution in [0.4, 0.5) is 0 Å². The monoisotopic (exact) mass is 452 g/mol. The van der Waals surface area contributed by atoms with Gasteiger partial charge in [-0.3, -0.25) is 19.2 Å². The fraction of sp³-hybridized carbons (Fsp3) is 0.476. The van der Waals surface area contributed by atoms with Crippen molar-refractivity contribution < 1.29 is 52.8 Å². The van der Waals surface area contributed by atoms with Gasteiger partial charge >= 0.3 is 29.8 Å². The summed E-state index contributed by atoms with van der Waals surface area (Å²) >= 11 is 0. The maximum Gasteiger partial charge on any atom is 0.335 e. The normalized spacial score (nSPS) is 24.7. The maximum absolute atomic E-state index is 11.8. The minimum Gasteiger partial charge on any atom is -0.478 e. The van der Waals surface area contributed by atoms with Gasteiger partial charge in [-0.1, -0.05) is 12.1 Å². The summed E-state index contributed by atoms with van der Waals surface area (Å²) in [5.41, 5.74) is 0.234. The number of hydrogen-bond acceptors (Lipinski definition) is 10. The molecular weight excluding hydrogens is 428 g/mol. The molecule has 1 aromatic carbocycles. The molecule has 11 heteroatoms. The molecule has 5 atom stereocenters. The Kier molecular flexibility index (Phi) is 8.30. The lowest BCUT2D eigenvalue weighted by Gasteiger charge is -2.44. The lowest BCUT2D eigenvalue weighted by Crippen LogP contribution is -2.59. The molecule has 1 saturated heterocycles. The summed E-state index contributed by atoms with van der Waals surface area (Å²) in [6, 6.07) is 5.67. The largest absolute Gasteiger partial charge is 0.478 e. The molecule has 1 N–H and O–H groups in total. The third-order valence-electron chi connectivity index (χ3n) is 4.45. The van der Waals surface area contributed by atoms with Crippen LogP contribution in [0.1, 0.15) is 49.7 Å². The average Bonchev–Trinajstić information content (AvgIpc) is 2.68. The van der Waals surface area contributed by atoms with Gasteiger partial charge in [0.2, 0.25) is 0 Å². The van der Waals surface area contributed by atoms with Crippen LogP contribution < -0.4 is 0 Å². The maximum atomic E-state index is 11.8. The van der Waals surface area contributed by atoms with Crippen LogP contribution in [0.2, 0.25) is 0 Å². The van der Waals surface area contributed by atoms with Crippen molar-refractivity contribution in [2.75, 3.05) is 6.61 Å². The fourth-order valence-electron chi connectivity index (χ4n) is 3.35. The molecule has 1 heterocycles. The number of benzene rings is 1. The third-order valence-corrected chi connectivity index (χ3v) is 4.45. The number of carboxylic acids is 1. The molecule has 2 rings (SSSR count). The first-order valence-electron chi connectivity index (χ1n) is 9.63. The van der Waals surface area contributed by atoms with E-state index in [2.05, 4.69) is 0 Å². The summed E-state index contributed by atoms with van der Waals surface area (Å²) in [6.45, 7) is 4.17. The molecule has 0 saturated carbocycles. The Morgan fingerprint density at radius 1 is 0.844 bits per heavy atom. The number of carbonyl (C=O) groups excluding carboxylic acids is 4. The van der Waals surface area contributed by atoms with Crippen molar-refractivity contribution >= 4 is 29.8 Å². The van der Waals surface area contributed by atoms with Crippen molar-refractivity contribution in [1.82, 2.24) is 0 Å². The quantitative estimate of drug-likeness (QED) is 0.469. The molecule has 11 nitrogen and oxygen atoms in total. The summed E-state index contributed by atoms with van der Waals surface area (Å²) in [5.74, 6) is -4.06. The van der Waals surface area contributed by atoms with E-state index in [1.165, 1.54) is 31.2 Å². The van der Waals surface area contributed by atoms with E-state index in [1.807, 2.05) is 0 Å². The number of carbonyl (C=O) groups is 5. The number of esters is 4. The summed E-state index contributed by atoms with van der Waals surface area (Å²) < 4.78 is 27.0. The molecule has 0 aromatic heterocycles. The van der Waals surface area contributed by atoms with Gasteiger partial charge < -0.3 is 28.8 Å². The summed E-state index contributed by atoms with van der Waals surface area (Å²) in [5, 5.41) is 9.32. The molecule has 32 heavy (non-hydrogen) atoms. The zero-order valence-electron chi connectivity index (χ0n) is 17.9. The number of carboxylic acid groups (broad SMARTS) is 1. The molecule has 0 amide bonds. The Hall–Kier alpha value is -3.47. The zero-order valence-corrected chi connectivity index (χ0v) is 17.9. The van der Waals surface area contributed by atoms with E-state index >= 15 is 0 Å². The van der Waals surface area contributed by atoms with E-state index in [0.29, 0.717) is 5.56 Å². The van der Waals surface area contributed by atoms with Crippen LogP contribution in [-0.4, -0.2) is 66.0 Å². The van der Waals surface area contributed by atoms with E-state index in [1.54, 1.807) is 0 Å². The molecule has 1 aliphatic rings. The Morgan fingerprint density at radius 2 is 1.41 bits per heavy atom. The van der Waals surface area contributed by atoms with Gasteiger partial charge in [0.1, 0.15) is 18.8 Å². The SMILES string of the molecule is CC(=O)OCC1OC(c2cccc(C(=O)O)c2)C(OC(C)=O)C(OC(C)=O)C1OC(C)=O. The smallest absolute Gasteiger partial charge is 0.335 e. The van der Waals surface area contributed by atoms with Crippen LogP contribution in [-0.2, 0) is 42.9 Å². The van der Waals surface area contributed by atoms with Gasteiger partial charge in [-0.25, -0.2) is 4.79 Å². The highest BCUT2D eigenvalue weighted by Gasteiger charge is 2.52. The predicted octanol–water partition coefficient (Wildman–Crippen LogP) is 1.18. The van der Waals surface area contributed by atoms with E-state index in [9.17, 15) is 29.1 Å². The predicted molar refractivity (Wildman–Crippen MR) is 104 cm³/mol. The lowest BCUT2D eigenvalue weighted by molar-refractivity contribution is -0.254. The zero-order chi connectivity index (χ0) is 24.0. The van der Waals surface area contributed by atoms with Crippen LogP contribution in [0, 0.1) is 0 Å². The molecule has 0 bridgehead atoms. The minimum absolute atomic E-state index is 0.0599. The first kappa shape index (κ1) is 24.8. The van der Waals surface area contributed by atoms with Crippen molar-refractivity contribution in [1.29, 1.82) is 0 Å². The standard InChI is InChI=1S/C21H24O11/c1-10(22)28-9-16-18(29-11(2)23)20(31-13(4)25)19(30-12(3)24)17(32-16)14-6-5-7-15(8-14)21(26)27/h5-8,16-20H,9H2,1-4H3,(H,26,27). The number of ether oxygens (including phenoxy) is 5. The highest BCUT2D eigenvalue weighted by molar-refractivity contribution is 5.87. The van der Waals surface area contributed by atoms with E-state index in [0.717, 1.165) is 20.8 Å². The highest BCUT2D eigenvalue weighted by Crippen LogP contribution is 2.37. The number of aromatic carboxylic acids is 1. The first-order chi connectivity index (χ1) is 15.0. The van der Waals surface area contributed by atoms with Crippen molar-refractivity contribution in [3.05, 3.63) is 35.4 Å². The van der Waals surface area contributed by atoms with Crippen molar-refractivity contribution in [2.45, 2.75) is 58.2 Å². The second-order valence-electron chi connectivity index (χ2n) is 7.05. The van der Waals surface area contributed by atoms with Gasteiger partial charge in [-0.05, 0) is 17.7 Å². The highest BCUT2D eigenvalue weighted by atomic mass is 16.7. The summed E-state index contributed by atoms with van der Waals surface area (Å²) in [6.07, 6.45) is -6.14. The van der Waals surface area contributed by atoms with Crippen LogP contribution >= 0.6 is 0 Å². The molecule has 0 radical (unpaired) electrons. The molecular formula is C21H24O11. The summed E-state index contributed by atoms with van der Waals surface area (Å²) in [4.78, 5) is 58.1. The van der Waals surface area contributed by atoms with Crippen molar-refractivity contribution in [2.24, 2.45) is 0 Å². The van der Waals surface area contributed by atoms with Crippen LogP contribution in [0.3, 0.4) is 0 Å². The average molecular weight is 452 g/mol. The van der Waals surface area contributed by atoms with Crippen molar-refractivity contribution in [3.8, 4) is 0 Å². The molecule has 0 spiro atoms. The first-order valence-corrected chi connectivity index (χ1v) is 9.63. The number of rotatable bonds is 7.